The van der Waals surface area contributed by atoms with Crippen molar-refractivity contribution in [3.63, 3.8) is 0 Å². The topological polar surface area (TPSA) is 29.5 Å². The lowest BCUT2D eigenvalue weighted by molar-refractivity contribution is 0.0980. The summed E-state index contributed by atoms with van der Waals surface area (Å²) in [5, 5.41) is 0. The molecule has 0 N–H and O–H groups in total. The largest absolute Gasteiger partial charge is 0.497 e. The predicted molar refractivity (Wildman–Crippen MR) is 79.6 cm³/mol. The van der Waals surface area contributed by atoms with Crippen molar-refractivity contribution in [3.8, 4) is 5.75 Å². The third-order valence-corrected chi connectivity index (χ3v) is 3.74. The number of amides is 1. The van der Waals surface area contributed by atoms with Gasteiger partial charge in [-0.3, -0.25) is 4.79 Å². The Kier molecular flexibility index (Phi) is 3.18. The van der Waals surface area contributed by atoms with Crippen molar-refractivity contribution in [1.82, 2.24) is 0 Å². The zero-order valence-electron chi connectivity index (χ0n) is 11.7. The van der Waals surface area contributed by atoms with Gasteiger partial charge in [-0.05, 0) is 49.2 Å². The highest BCUT2D eigenvalue weighted by Gasteiger charge is 2.25. The summed E-state index contributed by atoms with van der Waals surface area (Å²) in [7, 11) is 1.64. The van der Waals surface area contributed by atoms with Crippen LogP contribution in [0.5, 0.6) is 5.75 Å². The van der Waals surface area contributed by atoms with Gasteiger partial charge in [0.15, 0.2) is 0 Å². The SMILES string of the molecule is COc1ccc2c(c1)CCN(c1ccc(C)cc1)C2=O. The Hall–Kier alpha value is -2.29. The second-order valence-corrected chi connectivity index (χ2v) is 5.07. The van der Waals surface area contributed by atoms with Crippen LogP contribution in [0.3, 0.4) is 0 Å². The summed E-state index contributed by atoms with van der Waals surface area (Å²) in [5.74, 6) is 0.873. The maximum atomic E-state index is 12.6. The number of rotatable bonds is 2. The van der Waals surface area contributed by atoms with Gasteiger partial charge in [-0.1, -0.05) is 17.7 Å². The standard InChI is InChI=1S/C17H17NO2/c1-12-3-5-14(6-4-12)18-10-9-13-11-15(20-2)7-8-16(13)17(18)19/h3-8,11H,9-10H2,1-2H3. The Morgan fingerprint density at radius 2 is 1.85 bits per heavy atom. The molecule has 1 heterocycles. The maximum absolute atomic E-state index is 12.6. The van der Waals surface area contributed by atoms with Gasteiger partial charge in [0.05, 0.1) is 7.11 Å². The highest BCUT2D eigenvalue weighted by atomic mass is 16.5. The van der Waals surface area contributed by atoms with Crippen molar-refractivity contribution in [2.75, 3.05) is 18.6 Å². The number of aryl methyl sites for hydroxylation is 1. The molecule has 0 saturated carbocycles. The molecule has 0 radical (unpaired) electrons. The van der Waals surface area contributed by atoms with Crippen LogP contribution in [-0.4, -0.2) is 19.6 Å². The molecule has 0 aromatic heterocycles. The number of hydrogen-bond acceptors (Lipinski definition) is 2. The lowest BCUT2D eigenvalue weighted by atomic mass is 9.98. The van der Waals surface area contributed by atoms with E-state index >= 15 is 0 Å². The van der Waals surface area contributed by atoms with Gasteiger partial charge in [0.25, 0.3) is 5.91 Å². The Morgan fingerprint density at radius 1 is 1.10 bits per heavy atom. The van der Waals surface area contributed by atoms with Crippen LogP contribution in [0.1, 0.15) is 21.5 Å². The zero-order valence-corrected chi connectivity index (χ0v) is 11.7. The van der Waals surface area contributed by atoms with E-state index in [-0.39, 0.29) is 5.91 Å². The Bertz CT molecular complexity index is 647. The van der Waals surface area contributed by atoms with E-state index in [4.69, 9.17) is 4.74 Å². The average Bonchev–Trinajstić information content (AvgIpc) is 2.48. The van der Waals surface area contributed by atoms with E-state index in [1.54, 1.807) is 7.11 Å². The van der Waals surface area contributed by atoms with Crippen molar-refractivity contribution in [2.24, 2.45) is 0 Å². The first kappa shape index (κ1) is 12.7. The maximum Gasteiger partial charge on any atom is 0.258 e. The van der Waals surface area contributed by atoms with E-state index in [1.165, 1.54) is 5.56 Å². The number of nitrogens with zero attached hydrogens (tertiary/aromatic N) is 1. The molecule has 1 amide bonds. The summed E-state index contributed by atoms with van der Waals surface area (Å²) < 4.78 is 5.22. The molecule has 0 atom stereocenters. The molecule has 20 heavy (non-hydrogen) atoms. The molecule has 0 bridgehead atoms. The highest BCUT2D eigenvalue weighted by Crippen LogP contribution is 2.27. The fourth-order valence-corrected chi connectivity index (χ4v) is 2.56. The first-order valence-electron chi connectivity index (χ1n) is 6.74. The van der Waals surface area contributed by atoms with Gasteiger partial charge in [0, 0.05) is 17.8 Å². The van der Waals surface area contributed by atoms with Crippen LogP contribution in [0.4, 0.5) is 5.69 Å². The molecular formula is C17H17NO2. The van der Waals surface area contributed by atoms with E-state index in [1.807, 2.05) is 54.3 Å². The van der Waals surface area contributed by atoms with Crippen molar-refractivity contribution in [3.05, 3.63) is 59.2 Å². The lowest BCUT2D eigenvalue weighted by Crippen LogP contribution is -2.37. The molecule has 1 aliphatic heterocycles. The first-order valence-corrected chi connectivity index (χ1v) is 6.74. The van der Waals surface area contributed by atoms with Crippen LogP contribution in [0.2, 0.25) is 0 Å². The first-order chi connectivity index (χ1) is 9.69. The third-order valence-electron chi connectivity index (χ3n) is 3.74. The fourth-order valence-electron chi connectivity index (χ4n) is 2.56. The van der Waals surface area contributed by atoms with Gasteiger partial charge in [-0.25, -0.2) is 0 Å². The summed E-state index contributed by atoms with van der Waals surface area (Å²) in [5.41, 5.74) is 4.00. The summed E-state index contributed by atoms with van der Waals surface area (Å²) in [6.45, 7) is 2.76. The van der Waals surface area contributed by atoms with Crippen LogP contribution in [-0.2, 0) is 6.42 Å². The smallest absolute Gasteiger partial charge is 0.258 e. The normalized spacial score (nSPS) is 14.1. The predicted octanol–water partition coefficient (Wildman–Crippen LogP) is 3.21. The summed E-state index contributed by atoms with van der Waals surface area (Å²) in [6.07, 6.45) is 0.853. The molecule has 3 nitrogen and oxygen atoms in total. The van der Waals surface area contributed by atoms with Gasteiger partial charge in [0.1, 0.15) is 5.75 Å². The molecular weight excluding hydrogens is 250 g/mol. The number of benzene rings is 2. The second-order valence-electron chi connectivity index (χ2n) is 5.07. The molecule has 3 rings (SSSR count). The van der Waals surface area contributed by atoms with E-state index in [0.717, 1.165) is 29.0 Å². The van der Waals surface area contributed by atoms with Crippen LogP contribution in [0.25, 0.3) is 0 Å². The monoisotopic (exact) mass is 267 g/mol. The number of carbonyl (C=O) groups is 1. The molecule has 102 valence electrons. The highest BCUT2D eigenvalue weighted by molar-refractivity contribution is 6.08. The second kappa shape index (κ2) is 5.00. The minimum Gasteiger partial charge on any atom is -0.497 e. The molecule has 0 spiro atoms. The number of methoxy groups -OCH3 is 1. The minimum absolute atomic E-state index is 0.0674. The number of anilines is 1. The Labute approximate surface area is 118 Å². The van der Waals surface area contributed by atoms with Crippen molar-refractivity contribution < 1.29 is 9.53 Å². The van der Waals surface area contributed by atoms with Crippen molar-refractivity contribution in [1.29, 1.82) is 0 Å². The zero-order chi connectivity index (χ0) is 14.1. The van der Waals surface area contributed by atoms with Gasteiger partial charge in [0.2, 0.25) is 0 Å². The van der Waals surface area contributed by atoms with Crippen LogP contribution >= 0.6 is 0 Å². The van der Waals surface area contributed by atoms with E-state index in [9.17, 15) is 4.79 Å². The average molecular weight is 267 g/mol. The fraction of sp³-hybridized carbons (Fsp3) is 0.235. The summed E-state index contributed by atoms with van der Waals surface area (Å²) in [4.78, 5) is 14.4. The molecule has 1 aliphatic rings. The molecule has 3 heteroatoms. The van der Waals surface area contributed by atoms with E-state index in [2.05, 4.69) is 0 Å². The minimum atomic E-state index is 0.0674. The Morgan fingerprint density at radius 3 is 2.55 bits per heavy atom. The third kappa shape index (κ3) is 2.16. The number of ether oxygens (including phenoxy) is 1. The van der Waals surface area contributed by atoms with E-state index < -0.39 is 0 Å². The number of fused-ring (bicyclic) bond motifs is 1. The number of carbonyl (C=O) groups excluding carboxylic acids is 1. The molecule has 0 fully saturated rings. The molecule has 0 saturated heterocycles. The van der Waals surface area contributed by atoms with Gasteiger partial charge < -0.3 is 9.64 Å². The van der Waals surface area contributed by atoms with Crippen LogP contribution in [0.15, 0.2) is 42.5 Å². The molecule has 0 aliphatic carbocycles. The van der Waals surface area contributed by atoms with Gasteiger partial charge in [-0.2, -0.15) is 0 Å². The summed E-state index contributed by atoms with van der Waals surface area (Å²) in [6, 6.07) is 13.7. The van der Waals surface area contributed by atoms with Crippen molar-refractivity contribution >= 4 is 11.6 Å². The quantitative estimate of drug-likeness (QED) is 0.836. The van der Waals surface area contributed by atoms with E-state index in [0.29, 0.717) is 6.54 Å². The Balaban J connectivity index is 1.94. The van der Waals surface area contributed by atoms with Crippen LogP contribution < -0.4 is 9.64 Å². The lowest BCUT2D eigenvalue weighted by Gasteiger charge is -2.29. The summed E-state index contributed by atoms with van der Waals surface area (Å²) >= 11 is 0. The number of hydrogen-bond donors (Lipinski definition) is 0. The molecule has 2 aromatic rings. The van der Waals surface area contributed by atoms with Crippen LogP contribution in [0, 0.1) is 6.92 Å². The van der Waals surface area contributed by atoms with Gasteiger partial charge in [-0.15, -0.1) is 0 Å². The van der Waals surface area contributed by atoms with Gasteiger partial charge >= 0.3 is 0 Å². The molecule has 2 aromatic carbocycles. The molecule has 0 unspecified atom stereocenters. The van der Waals surface area contributed by atoms with Crippen molar-refractivity contribution in [2.45, 2.75) is 13.3 Å².